The van der Waals surface area contributed by atoms with Crippen LogP contribution in [-0.4, -0.2) is 18.9 Å². The SMILES string of the molecule is [B]c1ccc(C(=O)O)c(Cc2ccccc2)c1. The second-order valence-electron chi connectivity index (χ2n) is 3.88. The number of hydrogen-bond acceptors (Lipinski definition) is 1. The molecule has 2 aromatic carbocycles. The monoisotopic (exact) mass is 222 g/mol. The minimum Gasteiger partial charge on any atom is -0.478 e. The molecule has 82 valence electrons. The number of hydrogen-bond donors (Lipinski definition) is 1. The maximum atomic E-state index is 11.1. The molecule has 0 aliphatic heterocycles. The molecule has 0 fully saturated rings. The van der Waals surface area contributed by atoms with Crippen LogP contribution in [0.5, 0.6) is 0 Å². The summed E-state index contributed by atoms with van der Waals surface area (Å²) in [7, 11) is 5.69. The molecular formula is C14H11BO2. The Labute approximate surface area is 101 Å². The van der Waals surface area contributed by atoms with Gasteiger partial charge in [-0.2, -0.15) is 0 Å². The second-order valence-corrected chi connectivity index (χ2v) is 3.88. The van der Waals surface area contributed by atoms with E-state index in [1.54, 1.807) is 18.2 Å². The first-order valence-corrected chi connectivity index (χ1v) is 5.32. The van der Waals surface area contributed by atoms with Crippen LogP contribution >= 0.6 is 0 Å². The molecule has 0 spiro atoms. The minimum absolute atomic E-state index is 0.308. The van der Waals surface area contributed by atoms with Crippen LogP contribution < -0.4 is 5.46 Å². The number of benzene rings is 2. The second kappa shape index (κ2) is 4.87. The molecular weight excluding hydrogens is 211 g/mol. The van der Waals surface area contributed by atoms with Gasteiger partial charge in [0, 0.05) is 0 Å². The molecule has 2 nitrogen and oxygen atoms in total. The fraction of sp³-hybridized carbons (Fsp3) is 0.0714. The summed E-state index contributed by atoms with van der Waals surface area (Å²) < 4.78 is 0. The molecule has 0 atom stereocenters. The standard InChI is InChI=1S/C14H11BO2/c15-12-6-7-13(14(16)17)11(9-12)8-10-4-2-1-3-5-10/h1-7,9H,8H2,(H,16,17). The van der Waals surface area contributed by atoms with Crippen LogP contribution in [0.15, 0.2) is 48.5 Å². The lowest BCUT2D eigenvalue weighted by molar-refractivity contribution is 0.0696. The highest BCUT2D eigenvalue weighted by molar-refractivity contribution is 6.32. The lowest BCUT2D eigenvalue weighted by atomic mass is 9.89. The van der Waals surface area contributed by atoms with E-state index in [2.05, 4.69) is 0 Å². The van der Waals surface area contributed by atoms with E-state index in [1.807, 2.05) is 30.3 Å². The molecule has 1 N–H and O–H groups in total. The van der Waals surface area contributed by atoms with E-state index in [0.717, 1.165) is 11.1 Å². The van der Waals surface area contributed by atoms with E-state index in [9.17, 15) is 4.79 Å². The lowest BCUT2D eigenvalue weighted by Gasteiger charge is -2.07. The van der Waals surface area contributed by atoms with E-state index < -0.39 is 5.97 Å². The summed E-state index contributed by atoms with van der Waals surface area (Å²) in [5, 5.41) is 9.09. The van der Waals surface area contributed by atoms with Crippen LogP contribution in [0.1, 0.15) is 21.5 Å². The molecule has 0 saturated carbocycles. The Kier molecular flexibility index (Phi) is 3.28. The Morgan fingerprint density at radius 1 is 1.12 bits per heavy atom. The number of rotatable bonds is 3. The van der Waals surface area contributed by atoms with Gasteiger partial charge in [-0.25, -0.2) is 4.79 Å². The van der Waals surface area contributed by atoms with Gasteiger partial charge in [0.1, 0.15) is 7.85 Å². The highest BCUT2D eigenvalue weighted by Gasteiger charge is 2.09. The van der Waals surface area contributed by atoms with Crippen molar-refractivity contribution in [2.75, 3.05) is 0 Å². The summed E-state index contributed by atoms with van der Waals surface area (Å²) in [6.07, 6.45) is 0.577. The molecule has 2 radical (unpaired) electrons. The maximum Gasteiger partial charge on any atom is 0.335 e. The average molecular weight is 222 g/mol. The quantitative estimate of drug-likeness (QED) is 0.803. The molecule has 0 amide bonds. The summed E-state index contributed by atoms with van der Waals surface area (Å²) >= 11 is 0. The molecule has 3 heteroatoms. The Bertz CT molecular complexity index is 535. The number of carboxylic acids is 1. The van der Waals surface area contributed by atoms with Gasteiger partial charge in [0.25, 0.3) is 0 Å². The predicted molar refractivity (Wildman–Crippen MR) is 68.0 cm³/mol. The zero-order valence-electron chi connectivity index (χ0n) is 9.26. The van der Waals surface area contributed by atoms with Crippen molar-refractivity contribution in [3.8, 4) is 0 Å². The lowest BCUT2D eigenvalue weighted by Crippen LogP contribution is -2.10. The molecule has 17 heavy (non-hydrogen) atoms. The third-order valence-electron chi connectivity index (χ3n) is 2.60. The van der Waals surface area contributed by atoms with Crippen molar-refractivity contribution in [2.45, 2.75) is 6.42 Å². The van der Waals surface area contributed by atoms with Gasteiger partial charge in [-0.15, -0.1) is 0 Å². The smallest absolute Gasteiger partial charge is 0.335 e. The molecule has 2 aromatic rings. The topological polar surface area (TPSA) is 37.3 Å². The van der Waals surface area contributed by atoms with E-state index in [0.29, 0.717) is 17.4 Å². The van der Waals surface area contributed by atoms with E-state index in [4.69, 9.17) is 13.0 Å². The van der Waals surface area contributed by atoms with Crippen molar-refractivity contribution in [3.05, 3.63) is 65.2 Å². The Morgan fingerprint density at radius 3 is 2.47 bits per heavy atom. The third-order valence-corrected chi connectivity index (χ3v) is 2.60. The molecule has 0 saturated heterocycles. The zero-order valence-corrected chi connectivity index (χ0v) is 9.26. The van der Waals surface area contributed by atoms with E-state index >= 15 is 0 Å². The highest BCUT2D eigenvalue weighted by atomic mass is 16.4. The summed E-state index contributed by atoms with van der Waals surface area (Å²) in [5.41, 5.74) is 2.70. The Balaban J connectivity index is 2.37. The highest BCUT2D eigenvalue weighted by Crippen LogP contribution is 2.13. The molecule has 2 rings (SSSR count). The van der Waals surface area contributed by atoms with Crippen molar-refractivity contribution in [2.24, 2.45) is 0 Å². The number of aromatic carboxylic acids is 1. The first-order valence-electron chi connectivity index (χ1n) is 5.32. The average Bonchev–Trinajstić information content (AvgIpc) is 2.30. The molecule has 0 heterocycles. The van der Waals surface area contributed by atoms with Crippen molar-refractivity contribution < 1.29 is 9.90 Å². The molecule has 0 aromatic heterocycles. The van der Waals surface area contributed by atoms with Crippen LogP contribution in [0.2, 0.25) is 0 Å². The van der Waals surface area contributed by atoms with Gasteiger partial charge in [-0.1, -0.05) is 47.9 Å². The Hall–Kier alpha value is -2.03. The van der Waals surface area contributed by atoms with Crippen molar-refractivity contribution in [1.82, 2.24) is 0 Å². The summed E-state index contributed by atoms with van der Waals surface area (Å²) in [4.78, 5) is 11.1. The van der Waals surface area contributed by atoms with Gasteiger partial charge in [0.15, 0.2) is 0 Å². The van der Waals surface area contributed by atoms with Crippen LogP contribution in [0.25, 0.3) is 0 Å². The van der Waals surface area contributed by atoms with Gasteiger partial charge in [0.2, 0.25) is 0 Å². The van der Waals surface area contributed by atoms with Crippen LogP contribution in [0, 0.1) is 0 Å². The van der Waals surface area contributed by atoms with Gasteiger partial charge in [-0.3, -0.25) is 0 Å². The Morgan fingerprint density at radius 2 is 1.82 bits per heavy atom. The fourth-order valence-electron chi connectivity index (χ4n) is 1.78. The van der Waals surface area contributed by atoms with Crippen LogP contribution in [0.3, 0.4) is 0 Å². The summed E-state index contributed by atoms with van der Waals surface area (Å²) in [5.74, 6) is -0.920. The predicted octanol–water partition coefficient (Wildman–Crippen LogP) is 1.77. The van der Waals surface area contributed by atoms with Gasteiger partial charge >= 0.3 is 5.97 Å². The van der Waals surface area contributed by atoms with Gasteiger partial charge in [-0.05, 0) is 23.6 Å². The molecule has 0 aliphatic carbocycles. The fourth-order valence-corrected chi connectivity index (χ4v) is 1.78. The third kappa shape index (κ3) is 2.75. The van der Waals surface area contributed by atoms with E-state index in [-0.39, 0.29) is 0 Å². The first-order chi connectivity index (χ1) is 8.16. The van der Waals surface area contributed by atoms with Crippen LogP contribution in [-0.2, 0) is 6.42 Å². The van der Waals surface area contributed by atoms with Crippen molar-refractivity contribution >= 4 is 19.3 Å². The molecule has 0 unspecified atom stereocenters. The maximum absolute atomic E-state index is 11.1. The van der Waals surface area contributed by atoms with Crippen LogP contribution in [0.4, 0.5) is 0 Å². The number of carboxylic acid groups (broad SMARTS) is 1. The van der Waals surface area contributed by atoms with Crippen molar-refractivity contribution in [3.63, 3.8) is 0 Å². The summed E-state index contributed by atoms with van der Waals surface area (Å²) in [6, 6.07) is 14.6. The van der Waals surface area contributed by atoms with E-state index in [1.165, 1.54) is 0 Å². The van der Waals surface area contributed by atoms with Gasteiger partial charge < -0.3 is 5.11 Å². The molecule has 0 aliphatic rings. The number of carbonyl (C=O) groups is 1. The first kappa shape index (κ1) is 11.5. The normalized spacial score (nSPS) is 10.1. The molecule has 0 bridgehead atoms. The zero-order chi connectivity index (χ0) is 12.3. The minimum atomic E-state index is -0.920. The van der Waals surface area contributed by atoms with Gasteiger partial charge in [0.05, 0.1) is 5.56 Å². The van der Waals surface area contributed by atoms with Crippen molar-refractivity contribution in [1.29, 1.82) is 0 Å². The summed E-state index contributed by atoms with van der Waals surface area (Å²) in [6.45, 7) is 0. The largest absolute Gasteiger partial charge is 0.478 e.